The lowest BCUT2D eigenvalue weighted by Gasteiger charge is -2.32. The Hall–Kier alpha value is -3.49. The van der Waals surface area contributed by atoms with Crippen molar-refractivity contribution in [3.05, 3.63) is 69.8 Å². The van der Waals surface area contributed by atoms with E-state index in [0.717, 1.165) is 42.7 Å². The molecule has 1 saturated heterocycles. The Balaban J connectivity index is 1.51. The van der Waals surface area contributed by atoms with Crippen LogP contribution < -0.4 is 0 Å². The van der Waals surface area contributed by atoms with Crippen LogP contribution in [-0.4, -0.2) is 48.1 Å². The lowest BCUT2D eigenvalue weighted by molar-refractivity contribution is -0.145. The van der Waals surface area contributed by atoms with E-state index in [2.05, 4.69) is 4.90 Å². The third-order valence-electron chi connectivity index (χ3n) is 8.85. The normalized spacial score (nSPS) is 20.7. The highest BCUT2D eigenvalue weighted by Gasteiger charge is 2.40. The first kappa shape index (κ1) is 37.3. The molecule has 1 aliphatic carbocycles. The molecule has 0 bridgehead atoms. The van der Waals surface area contributed by atoms with E-state index < -0.39 is 66.1 Å². The summed E-state index contributed by atoms with van der Waals surface area (Å²) in [4.78, 5) is 27.7. The molecule has 0 N–H and O–H groups in total. The van der Waals surface area contributed by atoms with Gasteiger partial charge < -0.3 is 9.47 Å². The van der Waals surface area contributed by atoms with Crippen molar-refractivity contribution < 1.29 is 58.6 Å². The van der Waals surface area contributed by atoms with Gasteiger partial charge in [-0.15, -0.1) is 0 Å². The summed E-state index contributed by atoms with van der Waals surface area (Å²) in [7, 11) is 0. The minimum Gasteiger partial charge on any atom is -0.466 e. The van der Waals surface area contributed by atoms with Gasteiger partial charge in [0.2, 0.25) is 0 Å². The summed E-state index contributed by atoms with van der Waals surface area (Å²) < 4.78 is 132. The van der Waals surface area contributed by atoms with Crippen LogP contribution in [-0.2, 0) is 45.9 Å². The predicted molar refractivity (Wildman–Crippen MR) is 155 cm³/mol. The van der Waals surface area contributed by atoms with Crippen LogP contribution >= 0.6 is 0 Å². The zero-order chi connectivity index (χ0) is 35.4. The van der Waals surface area contributed by atoms with Crippen molar-refractivity contribution in [3.8, 4) is 0 Å². The number of halogens is 9. The average Bonchev–Trinajstić information content (AvgIpc) is 3.36. The molecule has 2 aliphatic rings. The van der Waals surface area contributed by atoms with Crippen LogP contribution in [0.3, 0.4) is 0 Å². The number of benzene rings is 2. The molecular weight excluding hydrogens is 659 g/mol. The molecule has 2 aromatic carbocycles. The van der Waals surface area contributed by atoms with Crippen molar-refractivity contribution >= 4 is 12.1 Å². The van der Waals surface area contributed by atoms with Crippen LogP contribution in [0, 0.1) is 11.8 Å². The number of carbonyl (C=O) groups is 2. The van der Waals surface area contributed by atoms with Crippen molar-refractivity contribution in [2.24, 2.45) is 11.8 Å². The Morgan fingerprint density at radius 1 is 0.833 bits per heavy atom. The molecule has 1 saturated carbocycles. The Morgan fingerprint density at radius 3 is 1.96 bits per heavy atom. The fourth-order valence-electron chi connectivity index (χ4n) is 6.27. The van der Waals surface area contributed by atoms with Crippen molar-refractivity contribution in [2.45, 2.75) is 83.7 Å². The molecule has 266 valence electrons. The van der Waals surface area contributed by atoms with Crippen molar-refractivity contribution in [1.29, 1.82) is 0 Å². The molecule has 1 heterocycles. The number of rotatable bonds is 11. The molecule has 15 heteroatoms. The second-order valence-electron chi connectivity index (χ2n) is 12.3. The summed E-state index contributed by atoms with van der Waals surface area (Å²) >= 11 is 0. The van der Waals surface area contributed by atoms with Gasteiger partial charge in [-0.05, 0) is 98.0 Å². The summed E-state index contributed by atoms with van der Waals surface area (Å²) in [5.74, 6) is 0.307. The van der Waals surface area contributed by atoms with E-state index >= 15 is 0 Å². The third-order valence-corrected chi connectivity index (χ3v) is 8.85. The summed E-state index contributed by atoms with van der Waals surface area (Å²) in [6.45, 7) is 4.55. The van der Waals surface area contributed by atoms with E-state index in [9.17, 15) is 49.1 Å². The molecule has 6 nitrogen and oxygen atoms in total. The van der Waals surface area contributed by atoms with Gasteiger partial charge in [0.25, 0.3) is 0 Å². The Morgan fingerprint density at radius 2 is 1.42 bits per heavy atom. The lowest BCUT2D eigenvalue weighted by Crippen LogP contribution is -2.32. The summed E-state index contributed by atoms with van der Waals surface area (Å²) in [5.41, 5.74) is -4.05. The third kappa shape index (κ3) is 9.79. The monoisotopic (exact) mass is 696 g/mol. The van der Waals surface area contributed by atoms with E-state index in [1.54, 1.807) is 6.92 Å². The van der Waals surface area contributed by atoms with E-state index in [4.69, 9.17) is 9.47 Å². The second-order valence-corrected chi connectivity index (χ2v) is 12.3. The maximum Gasteiger partial charge on any atom is 0.416 e. The number of alkyl halides is 9. The fourth-order valence-corrected chi connectivity index (χ4v) is 6.27. The molecule has 4 rings (SSSR count). The van der Waals surface area contributed by atoms with Gasteiger partial charge in [-0.25, -0.2) is 4.79 Å². The van der Waals surface area contributed by atoms with Gasteiger partial charge in [-0.1, -0.05) is 13.0 Å². The molecule has 0 unspecified atom stereocenters. The number of hydrogen-bond donors (Lipinski definition) is 0. The maximum absolute atomic E-state index is 13.7. The van der Waals surface area contributed by atoms with Gasteiger partial charge in [-0.3, -0.25) is 14.6 Å². The summed E-state index contributed by atoms with van der Waals surface area (Å²) in [6, 6.07) is 4.04. The molecule has 2 fully saturated rings. The van der Waals surface area contributed by atoms with E-state index in [1.807, 2.05) is 6.92 Å². The van der Waals surface area contributed by atoms with E-state index in [0.29, 0.717) is 49.7 Å². The minimum atomic E-state index is -5.11. The first-order valence-electron chi connectivity index (χ1n) is 15.7. The van der Waals surface area contributed by atoms with Crippen LogP contribution in [0.4, 0.5) is 44.3 Å². The zero-order valence-electron chi connectivity index (χ0n) is 26.4. The first-order valence-corrected chi connectivity index (χ1v) is 15.7. The van der Waals surface area contributed by atoms with Crippen LogP contribution in [0.5, 0.6) is 0 Å². The molecule has 2 aromatic rings. The van der Waals surface area contributed by atoms with Crippen molar-refractivity contribution in [1.82, 2.24) is 9.80 Å². The number of ether oxygens (including phenoxy) is 2. The van der Waals surface area contributed by atoms with E-state index in [-0.39, 0.29) is 30.1 Å². The van der Waals surface area contributed by atoms with Crippen LogP contribution in [0.2, 0.25) is 0 Å². The number of carbonyl (C=O) groups excluding carboxylic acids is 2. The molecule has 1 amide bonds. The molecule has 0 radical (unpaired) electrons. The molecule has 1 aliphatic heterocycles. The number of nitrogens with zero attached hydrogens (tertiary/aromatic N) is 2. The number of hydrogen-bond acceptors (Lipinski definition) is 5. The Kier molecular flexibility index (Phi) is 11.6. The summed E-state index contributed by atoms with van der Waals surface area (Å²) in [5, 5.41) is 0. The Labute approximate surface area is 272 Å². The quantitative estimate of drug-likeness (QED) is 0.173. The highest BCUT2D eigenvalue weighted by molar-refractivity contribution is 5.70. The molecule has 1 atom stereocenters. The smallest absolute Gasteiger partial charge is 0.416 e. The predicted octanol–water partition coefficient (Wildman–Crippen LogP) is 9.02. The number of amides is 1. The summed E-state index contributed by atoms with van der Waals surface area (Å²) in [6.07, 6.45) is -13.7. The SMILES string of the molecule is CCOC(=O)CC1CCC(CN(CC)Cc2ccc(C(F)(F)F)cc2CN2C[C@@H](c3cc(C(F)(F)F)cc(C(F)(F)F)c3)OC2=O)CC1. The molecule has 0 aromatic heterocycles. The van der Waals surface area contributed by atoms with Gasteiger partial charge in [0.15, 0.2) is 0 Å². The highest BCUT2D eigenvalue weighted by atomic mass is 19.4. The van der Waals surface area contributed by atoms with Crippen molar-refractivity contribution in [2.75, 3.05) is 26.2 Å². The zero-order valence-corrected chi connectivity index (χ0v) is 26.4. The largest absolute Gasteiger partial charge is 0.466 e. The molecule has 48 heavy (non-hydrogen) atoms. The van der Waals surface area contributed by atoms with Gasteiger partial charge >= 0.3 is 30.6 Å². The highest BCUT2D eigenvalue weighted by Crippen LogP contribution is 2.40. The maximum atomic E-state index is 13.7. The second kappa shape index (κ2) is 15.0. The molecular formula is C33H37F9N2O4. The standard InChI is InChI=1S/C33H37F9N2O4/c1-3-43(16-21-7-5-20(6-8-21)11-29(45)47-4-2)17-22-9-10-25(31(34,35)36)14-24(22)18-44-19-28(48-30(44)46)23-12-26(32(37,38)39)15-27(13-23)33(40,41)42/h9-10,12-15,20-21,28H,3-8,11,16-19H2,1-2H3/t20?,21?,28-/m0/s1. The first-order chi connectivity index (χ1) is 22.4. The number of esters is 1. The topological polar surface area (TPSA) is 59.1 Å². The average molecular weight is 697 g/mol. The van der Waals surface area contributed by atoms with Gasteiger partial charge in [0.05, 0.1) is 29.8 Å². The van der Waals surface area contributed by atoms with Gasteiger partial charge in [-0.2, -0.15) is 39.5 Å². The van der Waals surface area contributed by atoms with Gasteiger partial charge in [0, 0.05) is 26.1 Å². The minimum absolute atomic E-state index is 0.0401. The number of cyclic esters (lactones) is 1. The Bertz CT molecular complexity index is 1400. The van der Waals surface area contributed by atoms with Crippen LogP contribution in [0.15, 0.2) is 36.4 Å². The van der Waals surface area contributed by atoms with Crippen molar-refractivity contribution in [3.63, 3.8) is 0 Å². The lowest BCUT2D eigenvalue weighted by atomic mass is 9.80. The van der Waals surface area contributed by atoms with E-state index in [1.165, 1.54) is 6.07 Å². The van der Waals surface area contributed by atoms with Gasteiger partial charge in [0.1, 0.15) is 6.10 Å². The molecule has 0 spiro atoms. The van der Waals surface area contributed by atoms with Crippen LogP contribution in [0.25, 0.3) is 0 Å². The van der Waals surface area contributed by atoms with Crippen LogP contribution in [0.1, 0.15) is 85.4 Å². The fraction of sp³-hybridized carbons (Fsp3) is 0.576.